The molecule has 0 bridgehead atoms. The van der Waals surface area contributed by atoms with Gasteiger partial charge >= 0.3 is 0 Å². The third kappa shape index (κ3) is 1.90. The lowest BCUT2D eigenvalue weighted by Gasteiger charge is -2.24. The molecule has 1 aromatic carbocycles. The minimum atomic E-state index is -0.00293. The molecular formula is C13H14ClNO3. The number of likely N-dealkylation sites (tertiary alicyclic amines) is 1. The zero-order valence-corrected chi connectivity index (χ0v) is 10.7. The molecule has 2 heterocycles. The first-order valence-electron chi connectivity index (χ1n) is 6.04. The fraction of sp³-hybridized carbons (Fsp3) is 0.462. The van der Waals surface area contributed by atoms with E-state index in [1.165, 1.54) is 0 Å². The SMILES string of the molecule is O=C(CCl)N1CCCC1c1ccc2c(c1)OCO2. The standard InChI is InChI=1S/C13H14ClNO3/c14-7-13(16)15-5-1-2-10(15)9-3-4-11-12(6-9)18-8-17-11/h3-4,6,10H,1-2,5,7-8H2. The number of hydrogen-bond donors (Lipinski definition) is 0. The van der Waals surface area contributed by atoms with Crippen LogP contribution in [0.2, 0.25) is 0 Å². The molecule has 2 aliphatic heterocycles. The van der Waals surface area contributed by atoms with Crippen LogP contribution < -0.4 is 9.47 Å². The molecule has 1 aromatic rings. The minimum Gasteiger partial charge on any atom is -0.454 e. The zero-order valence-electron chi connectivity index (χ0n) is 9.89. The van der Waals surface area contributed by atoms with Crippen LogP contribution in [0.5, 0.6) is 11.5 Å². The number of carbonyl (C=O) groups is 1. The van der Waals surface area contributed by atoms with Crippen molar-refractivity contribution in [2.45, 2.75) is 18.9 Å². The van der Waals surface area contributed by atoms with Gasteiger partial charge in [0.05, 0.1) is 6.04 Å². The van der Waals surface area contributed by atoms with E-state index in [1.54, 1.807) is 0 Å². The fourth-order valence-corrected chi connectivity index (χ4v) is 2.76. The third-order valence-electron chi connectivity index (χ3n) is 3.47. The quantitative estimate of drug-likeness (QED) is 0.772. The summed E-state index contributed by atoms with van der Waals surface area (Å²) >= 11 is 5.64. The lowest BCUT2D eigenvalue weighted by Crippen LogP contribution is -2.31. The van der Waals surface area contributed by atoms with Gasteiger partial charge in [0.1, 0.15) is 5.88 Å². The molecular weight excluding hydrogens is 254 g/mol. The van der Waals surface area contributed by atoms with E-state index >= 15 is 0 Å². The fourth-order valence-electron chi connectivity index (χ4n) is 2.61. The van der Waals surface area contributed by atoms with Gasteiger partial charge < -0.3 is 14.4 Å². The highest BCUT2D eigenvalue weighted by Crippen LogP contribution is 2.38. The van der Waals surface area contributed by atoms with Crippen molar-refractivity contribution in [3.05, 3.63) is 23.8 Å². The van der Waals surface area contributed by atoms with Crippen LogP contribution in [0.25, 0.3) is 0 Å². The smallest absolute Gasteiger partial charge is 0.238 e. The Hall–Kier alpha value is -1.42. The van der Waals surface area contributed by atoms with E-state index in [2.05, 4.69) is 0 Å². The number of rotatable bonds is 2. The Morgan fingerprint density at radius 2 is 2.22 bits per heavy atom. The average molecular weight is 268 g/mol. The molecule has 5 heteroatoms. The lowest BCUT2D eigenvalue weighted by molar-refractivity contribution is -0.129. The van der Waals surface area contributed by atoms with Crippen LogP contribution in [0, 0.1) is 0 Å². The van der Waals surface area contributed by atoms with Crippen molar-refractivity contribution in [1.29, 1.82) is 0 Å². The molecule has 3 rings (SSSR count). The van der Waals surface area contributed by atoms with Gasteiger partial charge in [0.2, 0.25) is 12.7 Å². The number of nitrogens with zero attached hydrogens (tertiary/aromatic N) is 1. The molecule has 18 heavy (non-hydrogen) atoms. The highest BCUT2D eigenvalue weighted by molar-refractivity contribution is 6.27. The lowest BCUT2D eigenvalue weighted by atomic mass is 10.0. The summed E-state index contributed by atoms with van der Waals surface area (Å²) < 4.78 is 10.7. The number of fused-ring (bicyclic) bond motifs is 1. The molecule has 1 unspecified atom stereocenters. The zero-order chi connectivity index (χ0) is 12.5. The van der Waals surface area contributed by atoms with E-state index < -0.39 is 0 Å². The van der Waals surface area contributed by atoms with Crippen molar-refractivity contribution in [3.8, 4) is 11.5 Å². The Labute approximate surface area is 110 Å². The first kappa shape index (κ1) is 11.7. The molecule has 4 nitrogen and oxygen atoms in total. The first-order chi connectivity index (χ1) is 8.79. The number of alkyl halides is 1. The molecule has 1 amide bonds. The molecule has 2 aliphatic rings. The van der Waals surface area contributed by atoms with Crippen LogP contribution in [-0.2, 0) is 4.79 Å². The second-order valence-electron chi connectivity index (χ2n) is 4.49. The summed E-state index contributed by atoms with van der Waals surface area (Å²) in [5.74, 6) is 1.57. The van der Waals surface area contributed by atoms with Gasteiger partial charge in [0.25, 0.3) is 0 Å². The summed E-state index contributed by atoms with van der Waals surface area (Å²) in [5.41, 5.74) is 1.09. The van der Waals surface area contributed by atoms with E-state index in [4.69, 9.17) is 21.1 Å². The Morgan fingerprint density at radius 1 is 1.39 bits per heavy atom. The molecule has 0 N–H and O–H groups in total. The van der Waals surface area contributed by atoms with Crippen LogP contribution in [0.15, 0.2) is 18.2 Å². The normalized spacial score (nSPS) is 21.4. The van der Waals surface area contributed by atoms with Crippen LogP contribution in [-0.4, -0.2) is 30.0 Å². The Morgan fingerprint density at radius 3 is 3.06 bits per heavy atom. The Bertz CT molecular complexity index is 477. The summed E-state index contributed by atoms with van der Waals surface area (Å²) in [6.07, 6.45) is 1.99. The summed E-state index contributed by atoms with van der Waals surface area (Å²) in [6.45, 7) is 1.05. The van der Waals surface area contributed by atoms with E-state index in [1.807, 2.05) is 23.1 Å². The second-order valence-corrected chi connectivity index (χ2v) is 4.76. The van der Waals surface area contributed by atoms with Crippen LogP contribution >= 0.6 is 11.6 Å². The Kier molecular flexibility index (Phi) is 3.04. The molecule has 0 spiro atoms. The molecule has 0 aromatic heterocycles. The van der Waals surface area contributed by atoms with E-state index in [9.17, 15) is 4.79 Å². The van der Waals surface area contributed by atoms with Crippen molar-refractivity contribution in [2.75, 3.05) is 19.2 Å². The first-order valence-corrected chi connectivity index (χ1v) is 6.58. The number of hydrogen-bond acceptors (Lipinski definition) is 3. The van der Waals surface area contributed by atoms with E-state index in [0.717, 1.165) is 36.4 Å². The van der Waals surface area contributed by atoms with Gasteiger partial charge in [-0.15, -0.1) is 11.6 Å². The average Bonchev–Trinajstić information content (AvgIpc) is 3.05. The van der Waals surface area contributed by atoms with E-state index in [0.29, 0.717) is 0 Å². The molecule has 1 saturated heterocycles. The highest BCUT2D eigenvalue weighted by Gasteiger charge is 2.30. The van der Waals surface area contributed by atoms with Gasteiger partial charge in [-0.25, -0.2) is 0 Å². The maximum Gasteiger partial charge on any atom is 0.238 e. The van der Waals surface area contributed by atoms with Crippen molar-refractivity contribution >= 4 is 17.5 Å². The Balaban J connectivity index is 1.87. The maximum absolute atomic E-state index is 11.8. The van der Waals surface area contributed by atoms with E-state index in [-0.39, 0.29) is 24.6 Å². The minimum absolute atomic E-state index is 0.00293. The molecule has 1 atom stereocenters. The summed E-state index contributed by atoms with van der Waals surface area (Å²) in [7, 11) is 0. The molecule has 1 fully saturated rings. The van der Waals surface area contributed by atoms with Crippen LogP contribution in [0.1, 0.15) is 24.4 Å². The molecule has 0 radical (unpaired) electrons. The number of ether oxygens (including phenoxy) is 2. The summed E-state index contributed by atoms with van der Waals surface area (Å²) in [4.78, 5) is 13.6. The molecule has 0 aliphatic carbocycles. The largest absolute Gasteiger partial charge is 0.454 e. The maximum atomic E-state index is 11.8. The van der Waals surface area contributed by atoms with Gasteiger partial charge in [-0.05, 0) is 30.5 Å². The number of benzene rings is 1. The summed E-state index contributed by atoms with van der Waals surface area (Å²) in [6, 6.07) is 5.98. The predicted molar refractivity (Wildman–Crippen MR) is 67.0 cm³/mol. The number of amides is 1. The van der Waals surface area contributed by atoms with Crippen molar-refractivity contribution in [2.24, 2.45) is 0 Å². The van der Waals surface area contributed by atoms with Gasteiger partial charge in [0.15, 0.2) is 11.5 Å². The van der Waals surface area contributed by atoms with Gasteiger partial charge in [-0.1, -0.05) is 6.07 Å². The predicted octanol–water partition coefficient (Wildman–Crippen LogP) is 2.32. The number of halogens is 1. The monoisotopic (exact) mass is 267 g/mol. The van der Waals surface area contributed by atoms with Crippen molar-refractivity contribution in [3.63, 3.8) is 0 Å². The topological polar surface area (TPSA) is 38.8 Å². The second kappa shape index (κ2) is 4.69. The third-order valence-corrected chi connectivity index (χ3v) is 3.70. The van der Waals surface area contributed by atoms with Gasteiger partial charge in [0, 0.05) is 6.54 Å². The summed E-state index contributed by atoms with van der Waals surface area (Å²) in [5, 5.41) is 0. The molecule has 0 saturated carbocycles. The number of carbonyl (C=O) groups excluding carboxylic acids is 1. The molecule has 96 valence electrons. The van der Waals surface area contributed by atoms with Crippen LogP contribution in [0.3, 0.4) is 0 Å². The van der Waals surface area contributed by atoms with Crippen molar-refractivity contribution in [1.82, 2.24) is 4.90 Å². The van der Waals surface area contributed by atoms with Crippen molar-refractivity contribution < 1.29 is 14.3 Å². The van der Waals surface area contributed by atoms with Gasteiger partial charge in [-0.3, -0.25) is 4.79 Å². The highest BCUT2D eigenvalue weighted by atomic mass is 35.5. The van der Waals surface area contributed by atoms with Gasteiger partial charge in [-0.2, -0.15) is 0 Å². The van der Waals surface area contributed by atoms with Crippen LogP contribution in [0.4, 0.5) is 0 Å².